The first-order valence-electron chi connectivity index (χ1n) is 15.7. The van der Waals surface area contributed by atoms with Crippen molar-refractivity contribution in [2.24, 2.45) is 52.1 Å². The Kier molecular flexibility index (Phi) is 10.0. The first kappa shape index (κ1) is 27.9. The number of nitrogens with one attached hydrogen (secondary N) is 3. The van der Waals surface area contributed by atoms with Gasteiger partial charge in [0.05, 0.1) is 0 Å². The third-order valence-corrected chi connectivity index (χ3v) is 11.9. The second-order valence-corrected chi connectivity index (χ2v) is 14.2. The minimum absolute atomic E-state index is 0.564. The normalized spacial score (nSPS) is 35.9. The number of hydrogen-bond acceptors (Lipinski definition) is 4. The number of nitrogens with two attached hydrogens (primary N) is 1. The predicted octanol–water partition coefficient (Wildman–Crippen LogP) is 5.57. The van der Waals surface area contributed by atoms with E-state index in [0.29, 0.717) is 16.9 Å². The molecule has 35 heavy (non-hydrogen) atoms. The highest BCUT2D eigenvalue weighted by atomic mass is 15.0. The Balaban J connectivity index is 1.28. The molecule has 0 aromatic heterocycles. The number of fused-ring (bicyclic) bond motifs is 6. The molecule has 0 aromatic rings. The Morgan fingerprint density at radius 1 is 0.629 bits per heavy atom. The molecule has 2 atom stereocenters. The average molecular weight is 489 g/mol. The van der Waals surface area contributed by atoms with Gasteiger partial charge in [0.1, 0.15) is 0 Å². The van der Waals surface area contributed by atoms with Crippen LogP contribution in [0.1, 0.15) is 105 Å². The summed E-state index contributed by atoms with van der Waals surface area (Å²) in [6.45, 7) is 16.3. The Hall–Kier alpha value is -0.160. The summed E-state index contributed by atoms with van der Waals surface area (Å²) in [4.78, 5) is 0. The average Bonchev–Trinajstić information content (AvgIpc) is 2.84. The van der Waals surface area contributed by atoms with Gasteiger partial charge in [0.25, 0.3) is 0 Å². The summed E-state index contributed by atoms with van der Waals surface area (Å²) < 4.78 is 0. The van der Waals surface area contributed by atoms with E-state index in [2.05, 4.69) is 43.6 Å². The summed E-state index contributed by atoms with van der Waals surface area (Å²) in [6, 6.07) is 0.694. The van der Waals surface area contributed by atoms with Gasteiger partial charge in [-0.15, -0.1) is 0 Å². The van der Waals surface area contributed by atoms with Gasteiger partial charge >= 0.3 is 0 Å². The summed E-state index contributed by atoms with van der Waals surface area (Å²) in [6.07, 6.45) is 17.7. The second kappa shape index (κ2) is 12.6. The van der Waals surface area contributed by atoms with Gasteiger partial charge in [-0.2, -0.15) is 0 Å². The maximum absolute atomic E-state index is 5.57. The fourth-order valence-corrected chi connectivity index (χ4v) is 9.57. The maximum atomic E-state index is 5.57. The molecule has 0 saturated heterocycles. The molecule has 4 nitrogen and oxygen atoms in total. The topological polar surface area (TPSA) is 62.1 Å². The van der Waals surface area contributed by atoms with Gasteiger partial charge in [-0.25, -0.2) is 0 Å². The molecule has 0 aliphatic heterocycles. The molecule has 6 fully saturated rings. The van der Waals surface area contributed by atoms with Crippen molar-refractivity contribution in [2.75, 3.05) is 39.3 Å². The molecule has 6 aliphatic carbocycles. The first-order chi connectivity index (χ1) is 16.8. The van der Waals surface area contributed by atoms with E-state index in [1.165, 1.54) is 77.0 Å². The van der Waals surface area contributed by atoms with Crippen molar-refractivity contribution in [2.45, 2.75) is 111 Å². The van der Waals surface area contributed by atoms with Crippen molar-refractivity contribution < 1.29 is 0 Å². The third-order valence-electron chi connectivity index (χ3n) is 11.9. The zero-order valence-electron chi connectivity index (χ0n) is 23.8. The van der Waals surface area contributed by atoms with E-state index in [9.17, 15) is 0 Å². The molecule has 204 valence electrons. The lowest BCUT2D eigenvalue weighted by Gasteiger charge is -2.55. The Morgan fingerprint density at radius 3 is 1.49 bits per heavy atom. The molecule has 0 heterocycles. The van der Waals surface area contributed by atoms with Crippen molar-refractivity contribution in [3.63, 3.8) is 0 Å². The zero-order valence-corrected chi connectivity index (χ0v) is 23.8. The molecule has 0 spiro atoms. The molecule has 5 N–H and O–H groups in total. The van der Waals surface area contributed by atoms with E-state index in [0.717, 1.165) is 74.8 Å². The maximum Gasteiger partial charge on any atom is 0.00793 e. The van der Waals surface area contributed by atoms with Crippen molar-refractivity contribution >= 4 is 0 Å². The first-order valence-corrected chi connectivity index (χ1v) is 15.7. The highest BCUT2D eigenvalue weighted by Crippen LogP contribution is 2.58. The van der Waals surface area contributed by atoms with E-state index < -0.39 is 0 Å². The highest BCUT2D eigenvalue weighted by molar-refractivity contribution is 5.00. The van der Waals surface area contributed by atoms with Gasteiger partial charge in [-0.05, 0) is 123 Å². The summed E-state index contributed by atoms with van der Waals surface area (Å²) in [5.74, 6) is 5.89. The summed E-state index contributed by atoms with van der Waals surface area (Å²) >= 11 is 0. The van der Waals surface area contributed by atoms with E-state index in [4.69, 9.17) is 5.73 Å². The van der Waals surface area contributed by atoms with Gasteiger partial charge in [-0.1, -0.05) is 27.7 Å². The Labute approximate surface area is 218 Å². The van der Waals surface area contributed by atoms with Crippen LogP contribution in [0.5, 0.6) is 0 Å². The van der Waals surface area contributed by atoms with E-state index in [1.807, 2.05) is 0 Å². The summed E-state index contributed by atoms with van der Waals surface area (Å²) in [5, 5.41) is 11.0. The van der Waals surface area contributed by atoms with Gasteiger partial charge in [0.15, 0.2) is 0 Å². The zero-order chi connectivity index (χ0) is 24.9. The van der Waals surface area contributed by atoms with E-state index in [1.54, 1.807) is 0 Å². The lowest BCUT2D eigenvalue weighted by atomic mass is 9.50. The molecular weight excluding hydrogens is 428 g/mol. The van der Waals surface area contributed by atoms with Crippen LogP contribution in [-0.4, -0.2) is 45.3 Å². The number of rotatable bonds is 15. The number of hydrogen-bond donors (Lipinski definition) is 4. The van der Waals surface area contributed by atoms with Crippen molar-refractivity contribution in [1.29, 1.82) is 0 Å². The minimum atomic E-state index is 0.564. The Bertz CT molecular complexity index is 571. The van der Waals surface area contributed by atoms with Gasteiger partial charge in [-0.3, -0.25) is 0 Å². The monoisotopic (exact) mass is 488 g/mol. The van der Waals surface area contributed by atoms with Gasteiger partial charge in [0.2, 0.25) is 0 Å². The quantitative estimate of drug-likeness (QED) is 0.228. The predicted molar refractivity (Wildman–Crippen MR) is 150 cm³/mol. The molecule has 0 radical (unpaired) electrons. The van der Waals surface area contributed by atoms with Crippen molar-refractivity contribution in [1.82, 2.24) is 16.0 Å². The van der Waals surface area contributed by atoms with E-state index in [-0.39, 0.29) is 0 Å². The lowest BCUT2D eigenvalue weighted by Crippen LogP contribution is -2.47. The SMILES string of the molecule is CC1(C)C2CCC(CC2)C1CCC(CCC1C2CCC(CC2)C1(C)C)NCCNCCNCCN. The molecule has 2 unspecified atom stereocenters. The van der Waals surface area contributed by atoms with Gasteiger partial charge in [0, 0.05) is 45.3 Å². The standard InChI is InChI=1S/C31H60N4/c1-30(2)25-9-5-23(6-10-25)28(30)15-13-27(35-22-21-34-20-19-33-18-17-32)14-16-29-24-7-11-26(12-8-24)31(29,3)4/h23-29,33-35H,5-22,32H2,1-4H3. The van der Waals surface area contributed by atoms with Crippen molar-refractivity contribution in [3.8, 4) is 0 Å². The molecule has 4 heteroatoms. The van der Waals surface area contributed by atoms with Crippen LogP contribution in [0.4, 0.5) is 0 Å². The smallest absolute Gasteiger partial charge is 0.00793 e. The fourth-order valence-electron chi connectivity index (χ4n) is 9.57. The van der Waals surface area contributed by atoms with Crippen LogP contribution in [0.2, 0.25) is 0 Å². The van der Waals surface area contributed by atoms with Crippen LogP contribution in [-0.2, 0) is 0 Å². The minimum Gasteiger partial charge on any atom is -0.329 e. The summed E-state index contributed by atoms with van der Waals surface area (Å²) in [7, 11) is 0. The molecule has 6 aliphatic rings. The third kappa shape index (κ3) is 6.65. The molecule has 6 saturated carbocycles. The van der Waals surface area contributed by atoms with Crippen LogP contribution in [0, 0.1) is 46.3 Å². The Morgan fingerprint density at radius 2 is 1.06 bits per heavy atom. The molecule has 6 rings (SSSR count). The fraction of sp³-hybridized carbons (Fsp3) is 1.00. The lowest BCUT2D eigenvalue weighted by molar-refractivity contribution is -0.0522. The van der Waals surface area contributed by atoms with Crippen LogP contribution in [0.15, 0.2) is 0 Å². The van der Waals surface area contributed by atoms with Crippen LogP contribution < -0.4 is 21.7 Å². The summed E-state index contributed by atoms with van der Waals surface area (Å²) in [5.41, 5.74) is 6.70. The molecule has 0 amide bonds. The van der Waals surface area contributed by atoms with Crippen molar-refractivity contribution in [3.05, 3.63) is 0 Å². The molecule has 0 aromatic carbocycles. The largest absolute Gasteiger partial charge is 0.329 e. The van der Waals surface area contributed by atoms with Gasteiger partial charge < -0.3 is 21.7 Å². The van der Waals surface area contributed by atoms with Crippen LogP contribution in [0.25, 0.3) is 0 Å². The highest BCUT2D eigenvalue weighted by Gasteiger charge is 2.49. The molecular formula is C31H60N4. The van der Waals surface area contributed by atoms with E-state index >= 15 is 0 Å². The van der Waals surface area contributed by atoms with Crippen LogP contribution >= 0.6 is 0 Å². The van der Waals surface area contributed by atoms with Crippen LogP contribution in [0.3, 0.4) is 0 Å². The second-order valence-electron chi connectivity index (χ2n) is 14.2. The molecule has 4 bridgehead atoms.